The fraction of sp³-hybridized carbons (Fsp3) is 0.917. The van der Waals surface area contributed by atoms with Gasteiger partial charge in [0.15, 0.2) is 0 Å². The molecule has 0 bridgehead atoms. The fourth-order valence-corrected chi connectivity index (χ4v) is 1.64. The summed E-state index contributed by atoms with van der Waals surface area (Å²) in [6.07, 6.45) is 3.33. The van der Waals surface area contributed by atoms with Crippen molar-refractivity contribution in [1.82, 2.24) is 5.32 Å². The second-order valence-electron chi connectivity index (χ2n) is 4.58. The van der Waals surface area contributed by atoms with E-state index in [4.69, 9.17) is 15.2 Å². The number of hydrogen-bond donors (Lipinski definition) is 2. The van der Waals surface area contributed by atoms with Gasteiger partial charge < -0.3 is 20.5 Å². The van der Waals surface area contributed by atoms with Gasteiger partial charge in [-0.1, -0.05) is 0 Å². The highest BCUT2D eigenvalue weighted by molar-refractivity contribution is 5.85. The molecule has 5 nitrogen and oxygen atoms in total. The van der Waals surface area contributed by atoms with Crippen molar-refractivity contribution in [3.63, 3.8) is 0 Å². The van der Waals surface area contributed by atoms with Crippen molar-refractivity contribution in [3.05, 3.63) is 0 Å². The number of ether oxygens (including phenoxy) is 2. The van der Waals surface area contributed by atoms with E-state index in [0.29, 0.717) is 26.2 Å². The average molecular weight is 281 g/mol. The molecule has 1 amide bonds. The van der Waals surface area contributed by atoms with Crippen molar-refractivity contribution in [3.8, 4) is 0 Å². The lowest BCUT2D eigenvalue weighted by atomic mass is 10.2. The highest BCUT2D eigenvalue weighted by atomic mass is 35.5. The van der Waals surface area contributed by atoms with E-state index in [1.807, 2.05) is 6.92 Å². The molecule has 0 aromatic carbocycles. The predicted octanol–water partition coefficient (Wildman–Crippen LogP) is 0.847. The number of nitrogens with one attached hydrogen (secondary N) is 1. The molecule has 3 N–H and O–H groups in total. The molecule has 1 aliphatic heterocycles. The van der Waals surface area contributed by atoms with E-state index < -0.39 is 0 Å². The maximum Gasteiger partial charge on any atom is 0.220 e. The molecule has 1 heterocycles. The average Bonchev–Trinajstić information content (AvgIpc) is 2.79. The first-order valence-electron chi connectivity index (χ1n) is 6.40. The van der Waals surface area contributed by atoms with E-state index in [-0.39, 0.29) is 30.5 Å². The zero-order valence-corrected chi connectivity index (χ0v) is 11.8. The summed E-state index contributed by atoms with van der Waals surface area (Å²) < 4.78 is 10.8. The third-order valence-corrected chi connectivity index (χ3v) is 2.71. The lowest BCUT2D eigenvalue weighted by molar-refractivity contribution is -0.121. The minimum Gasteiger partial charge on any atom is -0.379 e. The van der Waals surface area contributed by atoms with Crippen LogP contribution >= 0.6 is 12.4 Å². The minimum atomic E-state index is 0. The summed E-state index contributed by atoms with van der Waals surface area (Å²) in [6, 6.07) is 0.0893. The quantitative estimate of drug-likeness (QED) is 0.647. The van der Waals surface area contributed by atoms with Crippen LogP contribution < -0.4 is 11.1 Å². The summed E-state index contributed by atoms with van der Waals surface area (Å²) in [6.45, 7) is 4.77. The topological polar surface area (TPSA) is 73.6 Å². The summed E-state index contributed by atoms with van der Waals surface area (Å²) in [5, 5.41) is 2.86. The van der Waals surface area contributed by atoms with Crippen LogP contribution in [-0.4, -0.2) is 44.4 Å². The Hall–Kier alpha value is -0.360. The molecule has 0 saturated carbocycles. The van der Waals surface area contributed by atoms with Crippen LogP contribution in [0.3, 0.4) is 0 Å². The smallest absolute Gasteiger partial charge is 0.220 e. The number of amides is 1. The third-order valence-electron chi connectivity index (χ3n) is 2.71. The number of halogens is 1. The number of nitrogens with two attached hydrogens (primary N) is 1. The van der Waals surface area contributed by atoms with Gasteiger partial charge in [-0.15, -0.1) is 12.4 Å². The van der Waals surface area contributed by atoms with Gasteiger partial charge >= 0.3 is 0 Å². The first-order chi connectivity index (χ1) is 8.18. The normalized spacial score (nSPS) is 20.2. The molecule has 2 unspecified atom stereocenters. The molecule has 0 aromatic heterocycles. The summed E-state index contributed by atoms with van der Waals surface area (Å²) in [5.74, 6) is 0.0755. The maximum atomic E-state index is 11.3. The van der Waals surface area contributed by atoms with Crippen LogP contribution in [-0.2, 0) is 14.3 Å². The van der Waals surface area contributed by atoms with Gasteiger partial charge in [0.2, 0.25) is 5.91 Å². The van der Waals surface area contributed by atoms with Crippen LogP contribution in [0.25, 0.3) is 0 Å². The highest BCUT2D eigenvalue weighted by Crippen LogP contribution is 2.07. The standard InChI is InChI=1S/C12H24N2O3.ClH/c1-10(13)3-4-12(15)14-6-2-7-17-11-5-8-16-9-11;/h10-11H,2-9,13H2,1H3,(H,14,15);1H. The molecule has 1 fully saturated rings. The lowest BCUT2D eigenvalue weighted by Gasteiger charge is -2.10. The van der Waals surface area contributed by atoms with Crippen LogP contribution in [0.15, 0.2) is 0 Å². The van der Waals surface area contributed by atoms with Crippen molar-refractivity contribution in [1.29, 1.82) is 0 Å². The van der Waals surface area contributed by atoms with Crippen molar-refractivity contribution in [2.24, 2.45) is 5.73 Å². The molecule has 6 heteroatoms. The van der Waals surface area contributed by atoms with Gasteiger partial charge in [-0.05, 0) is 26.2 Å². The van der Waals surface area contributed by atoms with Gasteiger partial charge in [0, 0.05) is 32.2 Å². The van der Waals surface area contributed by atoms with Gasteiger partial charge in [0.25, 0.3) is 0 Å². The molecule has 0 aliphatic carbocycles. The van der Waals surface area contributed by atoms with Crippen molar-refractivity contribution in [2.45, 2.75) is 44.8 Å². The van der Waals surface area contributed by atoms with Gasteiger partial charge in [-0.3, -0.25) is 4.79 Å². The molecule has 2 atom stereocenters. The number of carbonyl (C=O) groups excluding carboxylic acids is 1. The van der Waals surface area contributed by atoms with Crippen LogP contribution in [0.2, 0.25) is 0 Å². The number of hydrogen-bond acceptors (Lipinski definition) is 4. The molecule has 18 heavy (non-hydrogen) atoms. The van der Waals surface area contributed by atoms with Crippen molar-refractivity contribution in [2.75, 3.05) is 26.4 Å². The summed E-state index contributed by atoms with van der Waals surface area (Å²) in [7, 11) is 0. The van der Waals surface area contributed by atoms with E-state index in [9.17, 15) is 4.79 Å². The van der Waals surface area contributed by atoms with E-state index in [2.05, 4.69) is 5.32 Å². The largest absolute Gasteiger partial charge is 0.379 e. The minimum absolute atomic E-state index is 0. The van der Waals surface area contributed by atoms with Crippen LogP contribution in [0.4, 0.5) is 0 Å². The highest BCUT2D eigenvalue weighted by Gasteiger charge is 2.15. The molecule has 0 radical (unpaired) electrons. The Bertz CT molecular complexity index is 221. The van der Waals surface area contributed by atoms with Crippen LogP contribution in [0.5, 0.6) is 0 Å². The number of carbonyl (C=O) groups is 1. The molecular formula is C12H25ClN2O3. The van der Waals surface area contributed by atoms with Crippen molar-refractivity contribution >= 4 is 18.3 Å². The van der Waals surface area contributed by atoms with Gasteiger partial charge in [0.05, 0.1) is 12.7 Å². The van der Waals surface area contributed by atoms with Crippen molar-refractivity contribution < 1.29 is 14.3 Å². The monoisotopic (exact) mass is 280 g/mol. The predicted molar refractivity (Wildman–Crippen MR) is 72.9 cm³/mol. The Kier molecular flexibility index (Phi) is 10.3. The molecule has 0 spiro atoms. The van der Waals surface area contributed by atoms with E-state index in [1.54, 1.807) is 0 Å². The molecule has 0 aromatic rings. The third kappa shape index (κ3) is 8.69. The zero-order chi connectivity index (χ0) is 12.5. The lowest BCUT2D eigenvalue weighted by Crippen LogP contribution is -2.27. The fourth-order valence-electron chi connectivity index (χ4n) is 1.64. The Balaban J connectivity index is 0.00000289. The van der Waals surface area contributed by atoms with Gasteiger partial charge in [-0.25, -0.2) is 0 Å². The molecular weight excluding hydrogens is 256 g/mol. The second kappa shape index (κ2) is 10.6. The SMILES string of the molecule is CC(N)CCC(=O)NCCCOC1CCOC1.Cl. The summed E-state index contributed by atoms with van der Waals surface area (Å²) >= 11 is 0. The summed E-state index contributed by atoms with van der Waals surface area (Å²) in [5.41, 5.74) is 5.58. The Morgan fingerprint density at radius 1 is 1.61 bits per heavy atom. The Labute approximate surface area is 115 Å². The van der Waals surface area contributed by atoms with E-state index in [1.165, 1.54) is 0 Å². The first kappa shape index (κ1) is 17.6. The van der Waals surface area contributed by atoms with Gasteiger partial charge in [-0.2, -0.15) is 0 Å². The van der Waals surface area contributed by atoms with E-state index in [0.717, 1.165) is 25.9 Å². The van der Waals surface area contributed by atoms with Gasteiger partial charge in [0.1, 0.15) is 0 Å². The first-order valence-corrected chi connectivity index (χ1v) is 6.40. The zero-order valence-electron chi connectivity index (χ0n) is 11.0. The van der Waals surface area contributed by atoms with Crippen LogP contribution in [0, 0.1) is 0 Å². The molecule has 108 valence electrons. The maximum absolute atomic E-state index is 11.3. The number of rotatable bonds is 8. The molecule has 1 rings (SSSR count). The molecule has 1 aliphatic rings. The Morgan fingerprint density at radius 3 is 3.00 bits per heavy atom. The van der Waals surface area contributed by atoms with Crippen LogP contribution in [0.1, 0.15) is 32.6 Å². The summed E-state index contributed by atoms with van der Waals surface area (Å²) in [4.78, 5) is 11.3. The Morgan fingerprint density at radius 2 is 2.39 bits per heavy atom. The van der Waals surface area contributed by atoms with E-state index >= 15 is 0 Å². The second-order valence-corrected chi connectivity index (χ2v) is 4.58. The molecule has 1 saturated heterocycles.